The number of esters is 1. The minimum atomic E-state index is -3.89. The maximum absolute atomic E-state index is 14.9. The van der Waals surface area contributed by atoms with Gasteiger partial charge < -0.3 is 34.5 Å². The molecule has 0 bridgehead atoms. The summed E-state index contributed by atoms with van der Waals surface area (Å²) in [5, 5.41) is 26.2. The molecule has 4 aromatic rings. The fraction of sp³-hybridized carbons (Fsp3) is 0.407. The number of fused-ring (bicyclic) bond motifs is 2. The van der Waals surface area contributed by atoms with Crippen molar-refractivity contribution in [3.05, 3.63) is 55.1 Å². The van der Waals surface area contributed by atoms with Crippen molar-refractivity contribution >= 4 is 52.2 Å². The number of rotatable bonds is 11. The van der Waals surface area contributed by atoms with Crippen LogP contribution in [-0.2, 0) is 30.6 Å². The van der Waals surface area contributed by atoms with Gasteiger partial charge in [0.15, 0.2) is 23.3 Å². The molecule has 5 rings (SSSR count). The first kappa shape index (κ1) is 32.0. The van der Waals surface area contributed by atoms with E-state index in [0.717, 1.165) is 9.95 Å². The fourth-order valence-electron chi connectivity index (χ4n) is 4.79. The minimum absolute atomic E-state index is 0.0472. The van der Waals surface area contributed by atoms with Crippen molar-refractivity contribution in [1.82, 2.24) is 24.6 Å². The molecule has 0 radical (unpaired) electrons. The summed E-state index contributed by atoms with van der Waals surface area (Å²) in [4.78, 5) is 24.6. The first-order valence-electron chi connectivity index (χ1n) is 13.5. The Balaban J connectivity index is 1.47. The van der Waals surface area contributed by atoms with Gasteiger partial charge in [-0.05, 0) is 44.0 Å². The van der Waals surface area contributed by atoms with Crippen molar-refractivity contribution in [3.8, 4) is 5.75 Å². The molecule has 5 N–H and O–H groups in total. The number of hydrogen-bond acceptors (Lipinski definition) is 12. The number of alkyl halides is 2. The molecule has 0 saturated carbocycles. The minimum Gasteiger partial charge on any atom is -0.462 e. The number of ether oxygens (including phenoxy) is 2. The lowest BCUT2D eigenvalue weighted by Crippen LogP contribution is -2.53. The van der Waals surface area contributed by atoms with E-state index >= 15 is 0 Å². The summed E-state index contributed by atoms with van der Waals surface area (Å²) in [5.74, 6) is -0.461. The van der Waals surface area contributed by atoms with E-state index in [1.54, 1.807) is 38.1 Å². The summed E-state index contributed by atoms with van der Waals surface area (Å²) >= 11 is 5.74. The molecule has 2 aromatic heterocycles. The molecule has 3 heterocycles. The largest absolute Gasteiger partial charge is 0.462 e. The summed E-state index contributed by atoms with van der Waals surface area (Å²) < 4.78 is 53.9. The smallest absolute Gasteiger partial charge is 0.323 e. The molecule has 17 heteroatoms. The third-order valence-electron chi connectivity index (χ3n) is 6.98. The van der Waals surface area contributed by atoms with Crippen molar-refractivity contribution < 1.29 is 42.3 Å². The number of anilines is 1. The first-order chi connectivity index (χ1) is 20.8. The van der Waals surface area contributed by atoms with Gasteiger partial charge in [-0.1, -0.05) is 36.4 Å². The average Bonchev–Trinajstić information content (AvgIpc) is 3.52. The molecule has 236 valence electrons. The van der Waals surface area contributed by atoms with Crippen molar-refractivity contribution in [2.45, 2.75) is 63.4 Å². The van der Waals surface area contributed by atoms with E-state index in [2.05, 4.69) is 20.0 Å². The second-order valence-corrected chi connectivity index (χ2v) is 13.6. The van der Waals surface area contributed by atoms with E-state index in [-0.39, 0.29) is 22.7 Å². The maximum Gasteiger partial charge on any atom is 0.323 e. The highest BCUT2D eigenvalue weighted by Crippen LogP contribution is 2.50. The van der Waals surface area contributed by atoms with Gasteiger partial charge in [-0.2, -0.15) is 0 Å². The number of aliphatic hydroxyl groups excluding tert-OH is 2. The van der Waals surface area contributed by atoms with Crippen LogP contribution in [0.4, 0.5) is 14.6 Å². The van der Waals surface area contributed by atoms with E-state index in [1.807, 2.05) is 18.2 Å². The van der Waals surface area contributed by atoms with E-state index in [0.29, 0.717) is 5.39 Å². The summed E-state index contributed by atoms with van der Waals surface area (Å²) in [7, 11) is 0. The van der Waals surface area contributed by atoms with Gasteiger partial charge in [-0.25, -0.2) is 28.8 Å². The molecule has 1 saturated heterocycles. The Labute approximate surface area is 255 Å². The maximum atomic E-state index is 14.9. The summed E-state index contributed by atoms with van der Waals surface area (Å²) in [6.45, 7) is -0.139. The molecule has 6 atom stereocenters. The number of aliphatic hydroxyl groups is 2. The Bertz CT molecular complexity index is 1710. The standard InChI is InChI=1S/C27H31F2N6O7PS/c1-14(2)40-25(38)15(3)34-43(44,42-18-10-6-8-16-7-4-5-9-17(16)18)39-11-27(26(28)29)21(37)20(36)24(41-27)35-13-33-23-19(35)22(30)31-12-32-23/h4-10,12-15,20-21,24,26,36-37H,11H2,1-3H3,(H,34,44)(H2,30,31,32). The molecule has 1 aliphatic rings. The van der Waals surface area contributed by atoms with Gasteiger partial charge in [0.05, 0.1) is 12.7 Å². The zero-order valence-corrected chi connectivity index (χ0v) is 25.5. The number of carbonyl (C=O) groups excluding carboxylic acids is 1. The van der Waals surface area contributed by atoms with Crippen LogP contribution in [-0.4, -0.2) is 78.7 Å². The van der Waals surface area contributed by atoms with Crippen molar-refractivity contribution in [2.75, 3.05) is 12.3 Å². The van der Waals surface area contributed by atoms with Crippen LogP contribution in [0.15, 0.2) is 55.1 Å². The Morgan fingerprint density at radius 1 is 1.18 bits per heavy atom. The van der Waals surface area contributed by atoms with Crippen LogP contribution >= 0.6 is 6.64 Å². The van der Waals surface area contributed by atoms with Crippen LogP contribution in [0.3, 0.4) is 0 Å². The molecule has 13 nitrogen and oxygen atoms in total. The number of hydrogen-bond donors (Lipinski definition) is 4. The quantitative estimate of drug-likeness (QED) is 0.138. The van der Waals surface area contributed by atoms with Crippen molar-refractivity contribution in [1.29, 1.82) is 0 Å². The number of nitrogens with two attached hydrogens (primary N) is 1. The van der Waals surface area contributed by atoms with Crippen LogP contribution in [0.5, 0.6) is 5.75 Å². The zero-order chi connectivity index (χ0) is 31.8. The predicted molar refractivity (Wildman–Crippen MR) is 159 cm³/mol. The molecule has 2 aromatic carbocycles. The van der Waals surface area contributed by atoms with Crippen LogP contribution < -0.4 is 15.3 Å². The Hall–Kier alpha value is -3.37. The molecular weight excluding hydrogens is 621 g/mol. The number of imidazole rings is 1. The topological polar surface area (TPSA) is 176 Å². The Morgan fingerprint density at radius 3 is 2.64 bits per heavy atom. The lowest BCUT2D eigenvalue weighted by molar-refractivity contribution is -0.191. The fourth-order valence-corrected chi connectivity index (χ4v) is 7.21. The van der Waals surface area contributed by atoms with Gasteiger partial charge in [-0.3, -0.25) is 9.36 Å². The number of nitrogens with one attached hydrogen (secondary N) is 1. The highest BCUT2D eigenvalue weighted by atomic mass is 32.5. The Morgan fingerprint density at radius 2 is 1.91 bits per heavy atom. The highest BCUT2D eigenvalue weighted by molar-refractivity contribution is 8.09. The lowest BCUT2D eigenvalue weighted by atomic mass is 9.96. The number of nitrogen functional groups attached to an aromatic ring is 1. The number of benzene rings is 2. The molecule has 1 aliphatic heterocycles. The van der Waals surface area contributed by atoms with Crippen molar-refractivity contribution in [3.63, 3.8) is 0 Å². The van der Waals surface area contributed by atoms with E-state index in [9.17, 15) is 23.8 Å². The first-order valence-corrected chi connectivity index (χ1v) is 16.1. The zero-order valence-electron chi connectivity index (χ0n) is 23.8. The molecule has 1 fully saturated rings. The summed E-state index contributed by atoms with van der Waals surface area (Å²) in [6.07, 6.45) is -7.10. The SMILES string of the molecule is CC(C)OC(=O)C(C)NP(=S)(OCC1(C(F)F)OC(n2cnc3ncnc(N)c32)C(O)C1O)Oc1cccc2ccccc12. The van der Waals surface area contributed by atoms with Gasteiger partial charge in [0.1, 0.15) is 42.2 Å². The molecule has 0 spiro atoms. The molecule has 6 unspecified atom stereocenters. The summed E-state index contributed by atoms with van der Waals surface area (Å²) in [5.41, 5.74) is 3.39. The van der Waals surface area contributed by atoms with E-state index in [4.69, 9.17) is 36.1 Å². The number of carbonyl (C=O) groups is 1. The predicted octanol–water partition coefficient (Wildman–Crippen LogP) is 3.07. The Kier molecular flexibility index (Phi) is 9.14. The molecule has 0 amide bonds. The van der Waals surface area contributed by atoms with Crippen molar-refractivity contribution in [2.24, 2.45) is 0 Å². The molecule has 44 heavy (non-hydrogen) atoms. The second-order valence-electron chi connectivity index (χ2n) is 10.5. The van der Waals surface area contributed by atoms with Gasteiger partial charge >= 0.3 is 12.6 Å². The van der Waals surface area contributed by atoms with Crippen LogP contribution in [0.2, 0.25) is 0 Å². The van der Waals surface area contributed by atoms with Gasteiger partial charge in [0, 0.05) is 5.39 Å². The van der Waals surface area contributed by atoms with Crippen LogP contribution in [0.25, 0.3) is 21.9 Å². The summed E-state index contributed by atoms with van der Waals surface area (Å²) in [6, 6.07) is 11.3. The van der Waals surface area contributed by atoms with E-state index < -0.39 is 61.8 Å². The monoisotopic (exact) mass is 652 g/mol. The molecule has 0 aliphatic carbocycles. The van der Waals surface area contributed by atoms with Crippen LogP contribution in [0, 0.1) is 0 Å². The third-order valence-corrected chi connectivity index (χ3v) is 9.44. The van der Waals surface area contributed by atoms with E-state index in [1.165, 1.54) is 19.6 Å². The van der Waals surface area contributed by atoms with Gasteiger partial charge in [-0.15, -0.1) is 0 Å². The highest BCUT2D eigenvalue weighted by Gasteiger charge is 2.61. The number of halogens is 2. The number of aromatic nitrogens is 4. The average molecular weight is 653 g/mol. The van der Waals surface area contributed by atoms with Gasteiger partial charge in [0.25, 0.3) is 6.43 Å². The molecular formula is C27H31F2N6O7PS. The number of nitrogens with zero attached hydrogens (tertiary/aromatic N) is 4. The van der Waals surface area contributed by atoms with Crippen LogP contribution in [0.1, 0.15) is 27.0 Å². The lowest BCUT2D eigenvalue weighted by Gasteiger charge is -2.34. The van der Waals surface area contributed by atoms with Gasteiger partial charge in [0.2, 0.25) is 0 Å². The third kappa shape index (κ3) is 6.11. The second kappa shape index (κ2) is 12.6. The normalized spacial score (nSPS) is 24.2.